The minimum absolute atomic E-state index is 0.0685. The molecule has 0 unspecified atom stereocenters. The van der Waals surface area contributed by atoms with Crippen molar-refractivity contribution < 1.29 is 9.90 Å². The predicted octanol–water partition coefficient (Wildman–Crippen LogP) is 0.462. The summed E-state index contributed by atoms with van der Waals surface area (Å²) in [5.74, 6) is -0.135. The van der Waals surface area contributed by atoms with Crippen molar-refractivity contribution in [1.29, 1.82) is 0 Å². The summed E-state index contributed by atoms with van der Waals surface area (Å²) >= 11 is 0. The van der Waals surface area contributed by atoms with Crippen LogP contribution in [0, 0.1) is 0 Å². The minimum Gasteiger partial charge on any atom is -0.512 e. The lowest BCUT2D eigenvalue weighted by atomic mass is 10.2. The summed E-state index contributed by atoms with van der Waals surface area (Å²) in [4.78, 5) is 10.5. The quantitative estimate of drug-likeness (QED) is 0.494. The van der Waals surface area contributed by atoms with E-state index in [0.717, 1.165) is 0 Å². The lowest BCUT2D eigenvalue weighted by Crippen LogP contribution is -2.25. The van der Waals surface area contributed by atoms with Crippen molar-refractivity contribution in [3.05, 3.63) is 24.1 Å². The first-order chi connectivity index (χ1) is 4.18. The number of rotatable bonds is 0. The molecule has 0 aromatic heterocycles. The third-order valence-electron chi connectivity index (χ3n) is 0.982. The molecular formula is C6H7NO2. The van der Waals surface area contributed by atoms with Gasteiger partial charge < -0.3 is 10.4 Å². The number of aliphatic hydroxyl groups excluding tert-OH is 1. The standard InChI is InChI=1S/C6H7NO2/c1-4-2-5(8)3-6(9)7-4/h2,8H,1,3H2,(H,7,9). The Balaban J connectivity index is 2.79. The maximum atomic E-state index is 10.5. The highest BCUT2D eigenvalue weighted by Gasteiger charge is 2.10. The zero-order valence-corrected chi connectivity index (χ0v) is 4.85. The number of allylic oxidation sites excluding steroid dienone is 1. The molecule has 0 atom stereocenters. The van der Waals surface area contributed by atoms with Gasteiger partial charge in [-0.1, -0.05) is 6.58 Å². The summed E-state index contributed by atoms with van der Waals surface area (Å²) in [7, 11) is 0. The Labute approximate surface area is 52.7 Å². The average molecular weight is 125 g/mol. The smallest absolute Gasteiger partial charge is 0.231 e. The third kappa shape index (κ3) is 1.32. The number of hydrogen-bond acceptors (Lipinski definition) is 2. The van der Waals surface area contributed by atoms with Crippen LogP contribution in [0.15, 0.2) is 24.1 Å². The van der Waals surface area contributed by atoms with Crippen LogP contribution in [0.4, 0.5) is 0 Å². The molecule has 2 N–H and O–H groups in total. The summed E-state index contributed by atoms with van der Waals surface area (Å²) in [5, 5.41) is 11.2. The van der Waals surface area contributed by atoms with Crippen molar-refractivity contribution in [3.63, 3.8) is 0 Å². The molecule has 9 heavy (non-hydrogen) atoms. The molecule has 1 aliphatic rings. The van der Waals surface area contributed by atoms with E-state index in [1.54, 1.807) is 0 Å². The fourth-order valence-electron chi connectivity index (χ4n) is 0.676. The maximum absolute atomic E-state index is 10.5. The van der Waals surface area contributed by atoms with E-state index in [-0.39, 0.29) is 18.1 Å². The Morgan fingerprint density at radius 3 is 2.89 bits per heavy atom. The van der Waals surface area contributed by atoms with E-state index < -0.39 is 0 Å². The van der Waals surface area contributed by atoms with Crippen molar-refractivity contribution >= 4 is 5.91 Å². The average Bonchev–Trinajstić information content (AvgIpc) is 1.59. The Morgan fingerprint density at radius 2 is 2.44 bits per heavy atom. The van der Waals surface area contributed by atoms with Gasteiger partial charge in [0.1, 0.15) is 5.76 Å². The molecule has 1 amide bonds. The minimum atomic E-state index is -0.208. The molecule has 3 heteroatoms. The van der Waals surface area contributed by atoms with Crippen LogP contribution in [0.3, 0.4) is 0 Å². The first kappa shape index (κ1) is 5.88. The molecule has 0 saturated carbocycles. The molecule has 0 fully saturated rings. The molecule has 0 aromatic carbocycles. The topological polar surface area (TPSA) is 49.3 Å². The van der Waals surface area contributed by atoms with Gasteiger partial charge in [-0.3, -0.25) is 4.79 Å². The number of carbonyl (C=O) groups excluding carboxylic acids is 1. The second-order valence-electron chi connectivity index (χ2n) is 1.89. The van der Waals surface area contributed by atoms with Crippen molar-refractivity contribution in [1.82, 2.24) is 5.32 Å². The van der Waals surface area contributed by atoms with Gasteiger partial charge in [-0.15, -0.1) is 0 Å². The van der Waals surface area contributed by atoms with E-state index in [0.29, 0.717) is 5.70 Å². The monoisotopic (exact) mass is 125 g/mol. The molecule has 3 nitrogen and oxygen atoms in total. The number of aliphatic hydroxyl groups is 1. The molecule has 1 rings (SSSR count). The number of amides is 1. The van der Waals surface area contributed by atoms with Gasteiger partial charge >= 0.3 is 0 Å². The van der Waals surface area contributed by atoms with Crippen LogP contribution in [0.1, 0.15) is 6.42 Å². The molecule has 0 spiro atoms. The Morgan fingerprint density at radius 1 is 1.78 bits per heavy atom. The Kier molecular flexibility index (Phi) is 1.26. The van der Waals surface area contributed by atoms with E-state index >= 15 is 0 Å². The van der Waals surface area contributed by atoms with Crippen molar-refractivity contribution in [2.75, 3.05) is 0 Å². The van der Waals surface area contributed by atoms with E-state index in [2.05, 4.69) is 11.9 Å². The van der Waals surface area contributed by atoms with Gasteiger partial charge in [0.05, 0.1) is 6.42 Å². The highest BCUT2D eigenvalue weighted by Crippen LogP contribution is 2.05. The molecular weight excluding hydrogens is 118 g/mol. The van der Waals surface area contributed by atoms with Crippen molar-refractivity contribution in [2.45, 2.75) is 6.42 Å². The highest BCUT2D eigenvalue weighted by molar-refractivity contribution is 5.81. The number of nitrogens with one attached hydrogen (secondary N) is 1. The molecule has 0 aromatic rings. The van der Waals surface area contributed by atoms with Crippen LogP contribution in [-0.2, 0) is 4.79 Å². The normalized spacial score (nSPS) is 18.9. The zero-order chi connectivity index (χ0) is 6.85. The molecule has 1 heterocycles. The highest BCUT2D eigenvalue weighted by atomic mass is 16.3. The largest absolute Gasteiger partial charge is 0.512 e. The van der Waals surface area contributed by atoms with Crippen LogP contribution in [0.2, 0.25) is 0 Å². The summed E-state index contributed by atoms with van der Waals surface area (Å²) < 4.78 is 0. The van der Waals surface area contributed by atoms with Crippen LogP contribution in [-0.4, -0.2) is 11.0 Å². The molecule has 0 aliphatic carbocycles. The fourth-order valence-corrected chi connectivity index (χ4v) is 0.676. The predicted molar refractivity (Wildman–Crippen MR) is 32.6 cm³/mol. The van der Waals surface area contributed by atoms with E-state index in [9.17, 15) is 4.79 Å². The first-order valence-corrected chi connectivity index (χ1v) is 2.57. The van der Waals surface area contributed by atoms with Crippen LogP contribution < -0.4 is 5.32 Å². The maximum Gasteiger partial charge on any atom is 0.231 e. The van der Waals surface area contributed by atoms with Gasteiger partial charge in [-0.05, 0) is 6.08 Å². The third-order valence-corrected chi connectivity index (χ3v) is 0.982. The van der Waals surface area contributed by atoms with E-state index in [1.807, 2.05) is 0 Å². The Hall–Kier alpha value is -1.25. The number of carbonyl (C=O) groups is 1. The van der Waals surface area contributed by atoms with Gasteiger partial charge in [-0.2, -0.15) is 0 Å². The number of hydrogen-bond donors (Lipinski definition) is 2. The molecule has 0 bridgehead atoms. The second kappa shape index (κ2) is 1.93. The van der Waals surface area contributed by atoms with Gasteiger partial charge in [-0.25, -0.2) is 0 Å². The van der Waals surface area contributed by atoms with Crippen LogP contribution in [0.25, 0.3) is 0 Å². The molecule has 48 valence electrons. The van der Waals surface area contributed by atoms with E-state index in [1.165, 1.54) is 6.08 Å². The fraction of sp³-hybridized carbons (Fsp3) is 0.167. The van der Waals surface area contributed by atoms with Crippen molar-refractivity contribution in [3.8, 4) is 0 Å². The SMILES string of the molecule is C=C1C=C(O)CC(=O)N1. The van der Waals surface area contributed by atoms with Gasteiger partial charge in [0, 0.05) is 5.70 Å². The van der Waals surface area contributed by atoms with Gasteiger partial charge in [0.15, 0.2) is 0 Å². The van der Waals surface area contributed by atoms with Crippen LogP contribution >= 0.6 is 0 Å². The molecule has 0 radical (unpaired) electrons. The molecule has 1 aliphatic heterocycles. The molecule has 0 saturated heterocycles. The summed E-state index contributed by atoms with van der Waals surface area (Å²) in [6.45, 7) is 3.45. The second-order valence-corrected chi connectivity index (χ2v) is 1.89. The summed E-state index contributed by atoms with van der Waals surface area (Å²) in [6.07, 6.45) is 1.50. The summed E-state index contributed by atoms with van der Waals surface area (Å²) in [5.41, 5.74) is 0.448. The zero-order valence-electron chi connectivity index (χ0n) is 4.85. The lowest BCUT2D eigenvalue weighted by molar-refractivity contribution is -0.120. The van der Waals surface area contributed by atoms with E-state index in [4.69, 9.17) is 5.11 Å². The van der Waals surface area contributed by atoms with Gasteiger partial charge in [0.25, 0.3) is 0 Å². The van der Waals surface area contributed by atoms with Crippen LogP contribution in [0.5, 0.6) is 0 Å². The van der Waals surface area contributed by atoms with Gasteiger partial charge in [0.2, 0.25) is 5.91 Å². The Bertz CT molecular complexity index is 193. The summed E-state index contributed by atoms with van der Waals surface area (Å²) in [6, 6.07) is 0. The first-order valence-electron chi connectivity index (χ1n) is 2.57. The van der Waals surface area contributed by atoms with Crippen molar-refractivity contribution in [2.24, 2.45) is 0 Å². The lowest BCUT2D eigenvalue weighted by Gasteiger charge is -2.09.